The van der Waals surface area contributed by atoms with Crippen molar-refractivity contribution in [3.8, 4) is 11.3 Å². The number of hydrogen-bond donors (Lipinski definition) is 4. The van der Waals surface area contributed by atoms with Crippen LogP contribution in [0.1, 0.15) is 11.5 Å². The third-order valence-corrected chi connectivity index (χ3v) is 3.71. The van der Waals surface area contributed by atoms with Gasteiger partial charge in [0, 0.05) is 30.2 Å². The van der Waals surface area contributed by atoms with E-state index in [4.69, 9.17) is 13.6 Å². The van der Waals surface area contributed by atoms with Gasteiger partial charge in [-0.1, -0.05) is 0 Å². The first kappa shape index (κ1) is 16.2. The topological polar surface area (TPSA) is 109 Å². The van der Waals surface area contributed by atoms with E-state index in [1.165, 1.54) is 22.7 Å². The second kappa shape index (κ2) is 5.46. The lowest BCUT2D eigenvalue weighted by Gasteiger charge is -2.16. The van der Waals surface area contributed by atoms with Gasteiger partial charge in [-0.05, 0) is 25.1 Å². The molecule has 0 amide bonds. The number of nitrogens with one attached hydrogen (secondary N) is 1. The van der Waals surface area contributed by atoms with Crippen LogP contribution in [0.2, 0.25) is 0 Å². The molecule has 2 heterocycles. The Kier molecular flexibility index (Phi) is 3.69. The summed E-state index contributed by atoms with van der Waals surface area (Å²) in [7, 11) is 7.05. The number of hydrogen-bond acceptors (Lipinski definition) is 6. The Morgan fingerprint density at radius 3 is 2.67 bits per heavy atom. The van der Waals surface area contributed by atoms with Gasteiger partial charge in [-0.25, -0.2) is 14.4 Å². The van der Waals surface area contributed by atoms with E-state index in [0.29, 0.717) is 11.4 Å². The summed E-state index contributed by atoms with van der Waals surface area (Å²) in [5.41, 5.74) is 4.80. The Bertz CT molecular complexity index is 936. The highest BCUT2D eigenvalue weighted by Gasteiger charge is 2.29. The first-order chi connectivity index (χ1) is 11.2. The SMILES string of the molecule is [B]C(O)(O)c1nc(-c2ccc(NC)cc2F)c2c(N)ncc(C)n12. The summed E-state index contributed by atoms with van der Waals surface area (Å²) >= 11 is 0. The number of imidazole rings is 1. The van der Waals surface area contributed by atoms with Gasteiger partial charge in [0.15, 0.2) is 19.4 Å². The standard InChI is InChI=1S/C15H15BFN5O2/c1-7-6-20-13(18)12-11(21-14(22(7)12)15(16,23)24)9-4-3-8(19-2)5-10(9)17/h3-6,19,23-24H,1-2H3,(H2,18,20). The van der Waals surface area contributed by atoms with Crippen LogP contribution in [0.5, 0.6) is 0 Å². The molecular formula is C15H15BFN5O2. The average molecular weight is 327 g/mol. The Labute approximate surface area is 138 Å². The fourth-order valence-corrected chi connectivity index (χ4v) is 2.58. The quantitative estimate of drug-likeness (QED) is 0.417. The maximum atomic E-state index is 14.5. The lowest BCUT2D eigenvalue weighted by molar-refractivity contribution is -0.0982. The number of fused-ring (bicyclic) bond motifs is 1. The lowest BCUT2D eigenvalue weighted by Crippen LogP contribution is -2.28. The van der Waals surface area contributed by atoms with E-state index in [9.17, 15) is 14.6 Å². The molecule has 0 unspecified atom stereocenters. The van der Waals surface area contributed by atoms with Crippen molar-refractivity contribution in [2.75, 3.05) is 18.1 Å². The van der Waals surface area contributed by atoms with Crippen molar-refractivity contribution in [1.82, 2.24) is 14.4 Å². The van der Waals surface area contributed by atoms with Crippen molar-refractivity contribution in [3.05, 3.63) is 41.7 Å². The van der Waals surface area contributed by atoms with Crippen LogP contribution in [-0.2, 0) is 5.69 Å². The molecule has 0 bridgehead atoms. The van der Waals surface area contributed by atoms with Gasteiger partial charge >= 0.3 is 0 Å². The zero-order valence-corrected chi connectivity index (χ0v) is 13.1. The number of benzene rings is 1. The largest absolute Gasteiger partial charge is 0.388 e. The van der Waals surface area contributed by atoms with Gasteiger partial charge in [0.25, 0.3) is 0 Å². The number of aromatic nitrogens is 3. The van der Waals surface area contributed by atoms with Crippen molar-refractivity contribution < 1.29 is 14.6 Å². The van der Waals surface area contributed by atoms with E-state index in [1.807, 2.05) is 0 Å². The van der Waals surface area contributed by atoms with Crippen molar-refractivity contribution in [2.24, 2.45) is 0 Å². The molecule has 3 aromatic rings. The van der Waals surface area contributed by atoms with Gasteiger partial charge in [0.2, 0.25) is 0 Å². The normalized spacial score (nSPS) is 11.9. The predicted octanol–water partition coefficient (Wildman–Crippen LogP) is 0.731. The number of halogens is 1. The molecule has 0 saturated carbocycles. The number of anilines is 2. The van der Waals surface area contributed by atoms with Gasteiger partial charge in [0.05, 0.1) is 0 Å². The van der Waals surface area contributed by atoms with Crippen LogP contribution in [-0.4, -0.2) is 39.5 Å². The first-order valence-electron chi connectivity index (χ1n) is 7.09. The summed E-state index contributed by atoms with van der Waals surface area (Å²) in [6.07, 6.45) is 1.43. The predicted molar refractivity (Wildman–Crippen MR) is 88.9 cm³/mol. The molecule has 7 nitrogen and oxygen atoms in total. The van der Waals surface area contributed by atoms with Crippen molar-refractivity contribution in [1.29, 1.82) is 0 Å². The molecular weight excluding hydrogens is 312 g/mol. The van der Waals surface area contributed by atoms with Gasteiger partial charge in [-0.3, -0.25) is 4.40 Å². The van der Waals surface area contributed by atoms with Crippen LogP contribution < -0.4 is 11.1 Å². The molecule has 0 aliphatic rings. The molecule has 0 saturated heterocycles. The van der Waals surface area contributed by atoms with Crippen LogP contribution >= 0.6 is 0 Å². The summed E-state index contributed by atoms with van der Waals surface area (Å²) < 4.78 is 15.8. The maximum Gasteiger partial charge on any atom is 0.171 e. The highest BCUT2D eigenvalue weighted by atomic mass is 19.1. The molecule has 9 heteroatoms. The van der Waals surface area contributed by atoms with Crippen LogP contribution in [0.3, 0.4) is 0 Å². The van der Waals surface area contributed by atoms with Gasteiger partial charge in [0.1, 0.15) is 22.8 Å². The zero-order chi connectivity index (χ0) is 17.6. The number of rotatable bonds is 3. The van der Waals surface area contributed by atoms with Crippen molar-refractivity contribution in [2.45, 2.75) is 12.6 Å². The molecule has 3 rings (SSSR count). The summed E-state index contributed by atoms with van der Waals surface area (Å²) in [6.45, 7) is 1.67. The van der Waals surface area contributed by atoms with E-state index in [0.717, 1.165) is 0 Å². The van der Waals surface area contributed by atoms with Crippen molar-refractivity contribution >= 4 is 24.9 Å². The first-order valence-corrected chi connectivity index (χ1v) is 7.09. The molecule has 0 aliphatic carbocycles. The summed E-state index contributed by atoms with van der Waals surface area (Å²) in [4.78, 5) is 8.16. The lowest BCUT2D eigenvalue weighted by atomic mass is 9.94. The maximum absolute atomic E-state index is 14.5. The molecule has 0 atom stereocenters. The molecule has 0 aliphatic heterocycles. The van der Waals surface area contributed by atoms with E-state index in [1.54, 1.807) is 20.0 Å². The van der Waals surface area contributed by atoms with Gasteiger partial charge in [-0.15, -0.1) is 0 Å². The van der Waals surface area contributed by atoms with E-state index >= 15 is 0 Å². The minimum atomic E-state index is -2.72. The van der Waals surface area contributed by atoms with Crippen LogP contribution in [0.25, 0.3) is 16.8 Å². The van der Waals surface area contributed by atoms with Crippen LogP contribution in [0, 0.1) is 12.7 Å². The molecule has 24 heavy (non-hydrogen) atoms. The number of nitrogens with zero attached hydrogens (tertiary/aromatic N) is 3. The summed E-state index contributed by atoms with van der Waals surface area (Å²) in [5.74, 6) is -0.764. The zero-order valence-electron chi connectivity index (χ0n) is 13.1. The fraction of sp³-hybridized carbons (Fsp3) is 0.200. The summed E-state index contributed by atoms with van der Waals surface area (Å²) in [6, 6.07) is 4.48. The number of nitrogens with two attached hydrogens (primary N) is 1. The number of nitrogen functional groups attached to an aromatic ring is 1. The number of aliphatic hydroxyl groups is 2. The second-order valence-electron chi connectivity index (χ2n) is 5.42. The Balaban J connectivity index is 2.40. The Morgan fingerprint density at radius 2 is 2.08 bits per heavy atom. The summed E-state index contributed by atoms with van der Waals surface area (Å²) in [5, 5.41) is 22.4. The monoisotopic (exact) mass is 327 g/mol. The average Bonchev–Trinajstić information content (AvgIpc) is 2.92. The van der Waals surface area contributed by atoms with Crippen LogP contribution in [0.4, 0.5) is 15.9 Å². The van der Waals surface area contributed by atoms with E-state index in [-0.39, 0.29) is 28.4 Å². The molecule has 0 spiro atoms. The number of aryl methyl sites for hydroxylation is 1. The second-order valence-corrected chi connectivity index (χ2v) is 5.42. The Morgan fingerprint density at radius 1 is 1.38 bits per heavy atom. The fourth-order valence-electron chi connectivity index (χ4n) is 2.58. The van der Waals surface area contributed by atoms with E-state index < -0.39 is 11.5 Å². The third-order valence-electron chi connectivity index (χ3n) is 3.71. The molecule has 2 aromatic heterocycles. The Hall–Kier alpha value is -2.65. The highest BCUT2D eigenvalue weighted by Crippen LogP contribution is 2.33. The minimum Gasteiger partial charge on any atom is -0.388 e. The molecule has 5 N–H and O–H groups in total. The highest BCUT2D eigenvalue weighted by molar-refractivity contribution is 6.13. The van der Waals surface area contributed by atoms with E-state index in [2.05, 4.69) is 15.3 Å². The van der Waals surface area contributed by atoms with Crippen molar-refractivity contribution in [3.63, 3.8) is 0 Å². The minimum absolute atomic E-state index is 0.0655. The van der Waals surface area contributed by atoms with Gasteiger partial charge < -0.3 is 21.3 Å². The van der Waals surface area contributed by atoms with Crippen LogP contribution in [0.15, 0.2) is 24.4 Å². The molecule has 2 radical (unpaired) electrons. The molecule has 122 valence electrons. The van der Waals surface area contributed by atoms with Gasteiger partial charge in [-0.2, -0.15) is 0 Å². The third kappa shape index (κ3) is 2.47. The smallest absolute Gasteiger partial charge is 0.171 e. The molecule has 0 fully saturated rings. The molecule has 1 aromatic carbocycles.